The molecular formula is C21H24FN5O3. The number of ether oxygens (including phenoxy) is 1. The summed E-state index contributed by atoms with van der Waals surface area (Å²) in [6, 6.07) is 7.02. The van der Waals surface area contributed by atoms with Gasteiger partial charge < -0.3 is 19.4 Å². The van der Waals surface area contributed by atoms with Gasteiger partial charge in [0.25, 0.3) is 0 Å². The quantitative estimate of drug-likeness (QED) is 0.754. The van der Waals surface area contributed by atoms with Crippen LogP contribution in [0.5, 0.6) is 5.75 Å². The zero-order valence-corrected chi connectivity index (χ0v) is 17.0. The van der Waals surface area contributed by atoms with E-state index in [0.29, 0.717) is 44.0 Å². The van der Waals surface area contributed by atoms with Crippen LogP contribution in [0.3, 0.4) is 0 Å². The number of piperazine rings is 1. The third-order valence-electron chi connectivity index (χ3n) is 5.72. The van der Waals surface area contributed by atoms with Gasteiger partial charge in [-0.3, -0.25) is 9.59 Å². The van der Waals surface area contributed by atoms with Gasteiger partial charge in [-0.25, -0.2) is 14.4 Å². The summed E-state index contributed by atoms with van der Waals surface area (Å²) in [5, 5.41) is 0. The maximum atomic E-state index is 15.2. The number of hydrogen-bond donors (Lipinski definition) is 0. The molecule has 3 heterocycles. The Hall–Kier alpha value is -3.23. The van der Waals surface area contributed by atoms with Gasteiger partial charge >= 0.3 is 0 Å². The minimum Gasteiger partial charge on any atom is -0.497 e. The molecule has 1 atom stereocenters. The highest BCUT2D eigenvalue weighted by atomic mass is 19.1. The Morgan fingerprint density at radius 1 is 1.13 bits per heavy atom. The molecule has 1 aromatic heterocycles. The summed E-state index contributed by atoms with van der Waals surface area (Å²) in [7, 11) is 3.29. The van der Waals surface area contributed by atoms with E-state index in [4.69, 9.17) is 4.74 Å². The number of carbonyl (C=O) groups is 2. The second-order valence-corrected chi connectivity index (χ2v) is 7.58. The van der Waals surface area contributed by atoms with Crippen LogP contribution >= 0.6 is 0 Å². The summed E-state index contributed by atoms with van der Waals surface area (Å²) in [6.45, 7) is 2.34. The molecule has 2 saturated heterocycles. The molecule has 4 rings (SSSR count). The van der Waals surface area contributed by atoms with Crippen molar-refractivity contribution in [3.05, 3.63) is 36.4 Å². The lowest BCUT2D eigenvalue weighted by Crippen LogP contribution is -2.51. The van der Waals surface area contributed by atoms with Gasteiger partial charge in [0.2, 0.25) is 11.8 Å². The Balaban J connectivity index is 1.45. The van der Waals surface area contributed by atoms with Crippen molar-refractivity contribution in [1.29, 1.82) is 0 Å². The van der Waals surface area contributed by atoms with Gasteiger partial charge in [-0.2, -0.15) is 0 Å². The average Bonchev–Trinajstić information content (AvgIpc) is 3.12. The predicted molar refractivity (Wildman–Crippen MR) is 109 cm³/mol. The van der Waals surface area contributed by atoms with E-state index in [1.807, 2.05) is 4.90 Å². The van der Waals surface area contributed by atoms with Crippen molar-refractivity contribution < 1.29 is 18.7 Å². The Kier molecular flexibility index (Phi) is 5.52. The van der Waals surface area contributed by atoms with Crippen LogP contribution in [0.15, 0.2) is 30.6 Å². The monoisotopic (exact) mass is 413 g/mol. The van der Waals surface area contributed by atoms with Crippen LogP contribution in [0, 0.1) is 11.7 Å². The van der Waals surface area contributed by atoms with Crippen LogP contribution in [0.2, 0.25) is 0 Å². The molecule has 0 N–H and O–H groups in total. The van der Waals surface area contributed by atoms with Gasteiger partial charge in [0, 0.05) is 51.8 Å². The number of rotatable bonds is 4. The number of carbonyl (C=O) groups excluding carboxylic acids is 2. The summed E-state index contributed by atoms with van der Waals surface area (Å²) in [6.07, 6.45) is 1.62. The second kappa shape index (κ2) is 8.25. The van der Waals surface area contributed by atoms with Crippen LogP contribution in [-0.4, -0.2) is 78.5 Å². The Bertz CT molecular complexity index is 944. The predicted octanol–water partition coefficient (Wildman–Crippen LogP) is 1.42. The van der Waals surface area contributed by atoms with Crippen LogP contribution in [0.1, 0.15) is 6.42 Å². The average molecular weight is 413 g/mol. The van der Waals surface area contributed by atoms with Crippen LogP contribution in [-0.2, 0) is 9.59 Å². The first-order valence-electron chi connectivity index (χ1n) is 9.90. The maximum absolute atomic E-state index is 15.2. The molecule has 0 bridgehead atoms. The second-order valence-electron chi connectivity index (χ2n) is 7.58. The fraction of sp³-hybridized carbons (Fsp3) is 0.429. The molecule has 158 valence electrons. The molecule has 1 aromatic carbocycles. The number of likely N-dealkylation sites (tertiary alicyclic amines) is 1. The molecular weight excluding hydrogens is 389 g/mol. The van der Waals surface area contributed by atoms with Crippen LogP contribution < -0.4 is 9.64 Å². The van der Waals surface area contributed by atoms with Crippen molar-refractivity contribution in [2.75, 3.05) is 51.8 Å². The van der Waals surface area contributed by atoms with Gasteiger partial charge in [0.05, 0.1) is 13.0 Å². The number of hydrogen-bond acceptors (Lipinski definition) is 6. The molecule has 8 nitrogen and oxygen atoms in total. The van der Waals surface area contributed by atoms with E-state index in [1.54, 1.807) is 48.2 Å². The first-order chi connectivity index (χ1) is 14.5. The molecule has 2 aromatic rings. The lowest BCUT2D eigenvalue weighted by molar-refractivity contribution is -0.136. The number of benzene rings is 1. The number of amides is 2. The Labute approximate surface area is 174 Å². The molecule has 9 heteroatoms. The smallest absolute Gasteiger partial charge is 0.228 e. The number of anilines is 1. The van der Waals surface area contributed by atoms with E-state index < -0.39 is 5.82 Å². The zero-order valence-electron chi connectivity index (χ0n) is 17.0. The molecule has 1 unspecified atom stereocenters. The molecule has 30 heavy (non-hydrogen) atoms. The molecule has 2 amide bonds. The van der Waals surface area contributed by atoms with E-state index in [9.17, 15) is 9.59 Å². The van der Waals surface area contributed by atoms with Crippen molar-refractivity contribution in [3.8, 4) is 17.0 Å². The molecule has 2 fully saturated rings. The summed E-state index contributed by atoms with van der Waals surface area (Å²) < 4.78 is 20.3. The molecule has 0 radical (unpaired) electrons. The fourth-order valence-corrected chi connectivity index (χ4v) is 3.96. The minimum absolute atomic E-state index is 0.00102. The number of nitrogens with zero attached hydrogens (tertiary/aromatic N) is 5. The first-order valence-corrected chi connectivity index (χ1v) is 9.90. The number of halogens is 1. The third-order valence-corrected chi connectivity index (χ3v) is 5.72. The van der Waals surface area contributed by atoms with Crippen molar-refractivity contribution in [1.82, 2.24) is 19.8 Å². The summed E-state index contributed by atoms with van der Waals surface area (Å²) in [5.74, 6) is 0.149. The van der Waals surface area contributed by atoms with Gasteiger partial charge in [-0.1, -0.05) is 0 Å². The van der Waals surface area contributed by atoms with E-state index in [1.165, 1.54) is 6.33 Å². The molecule has 0 spiro atoms. The third kappa shape index (κ3) is 3.79. The summed E-state index contributed by atoms with van der Waals surface area (Å²) >= 11 is 0. The highest BCUT2D eigenvalue weighted by Gasteiger charge is 2.36. The lowest BCUT2D eigenvalue weighted by Gasteiger charge is -2.36. The van der Waals surface area contributed by atoms with E-state index in [2.05, 4.69) is 9.97 Å². The summed E-state index contributed by atoms with van der Waals surface area (Å²) in [5.41, 5.74) is 0.870. The van der Waals surface area contributed by atoms with Crippen molar-refractivity contribution in [2.45, 2.75) is 6.42 Å². The minimum atomic E-state index is -0.481. The topological polar surface area (TPSA) is 78.9 Å². The summed E-state index contributed by atoms with van der Waals surface area (Å²) in [4.78, 5) is 37.9. The van der Waals surface area contributed by atoms with E-state index in [-0.39, 0.29) is 35.7 Å². The van der Waals surface area contributed by atoms with Gasteiger partial charge in [-0.05, 0) is 24.3 Å². The SMILES string of the molecule is COc1ccc(-c2ncnc(N3CCN(C(=O)C4CC(=O)N(C)C4)CC3)c2F)cc1. The molecule has 0 saturated carbocycles. The largest absolute Gasteiger partial charge is 0.497 e. The maximum Gasteiger partial charge on any atom is 0.228 e. The highest BCUT2D eigenvalue weighted by molar-refractivity contribution is 5.89. The van der Waals surface area contributed by atoms with Crippen LogP contribution in [0.4, 0.5) is 10.2 Å². The first kappa shape index (κ1) is 20.1. The van der Waals surface area contributed by atoms with Crippen molar-refractivity contribution in [2.24, 2.45) is 5.92 Å². The van der Waals surface area contributed by atoms with Gasteiger partial charge in [0.1, 0.15) is 17.8 Å². The number of methoxy groups -OCH3 is 1. The van der Waals surface area contributed by atoms with Gasteiger partial charge in [-0.15, -0.1) is 0 Å². The molecule has 2 aliphatic heterocycles. The Morgan fingerprint density at radius 2 is 1.83 bits per heavy atom. The van der Waals surface area contributed by atoms with Gasteiger partial charge in [0.15, 0.2) is 11.6 Å². The highest BCUT2D eigenvalue weighted by Crippen LogP contribution is 2.28. The van der Waals surface area contributed by atoms with Crippen molar-refractivity contribution >= 4 is 17.6 Å². The van der Waals surface area contributed by atoms with Crippen LogP contribution in [0.25, 0.3) is 11.3 Å². The standard InChI is InChI=1S/C21H24FN5O3/c1-25-12-15(11-17(25)28)21(29)27-9-7-26(8-10-27)20-18(22)19(23-13-24-20)14-3-5-16(30-2)6-4-14/h3-6,13,15H,7-12H2,1-2H3. The lowest BCUT2D eigenvalue weighted by atomic mass is 10.1. The molecule has 0 aliphatic carbocycles. The molecule has 2 aliphatic rings. The van der Waals surface area contributed by atoms with E-state index >= 15 is 4.39 Å². The normalized spacial score (nSPS) is 19.4. The Morgan fingerprint density at radius 3 is 2.43 bits per heavy atom. The number of aromatic nitrogens is 2. The van der Waals surface area contributed by atoms with Crippen molar-refractivity contribution in [3.63, 3.8) is 0 Å². The zero-order chi connectivity index (χ0) is 21.3. The van der Waals surface area contributed by atoms with E-state index in [0.717, 1.165) is 0 Å². The fourth-order valence-electron chi connectivity index (χ4n) is 3.96.